The van der Waals surface area contributed by atoms with Gasteiger partial charge in [-0.2, -0.15) is 8.42 Å². The summed E-state index contributed by atoms with van der Waals surface area (Å²) in [6.45, 7) is 8.72. The number of esters is 1. The summed E-state index contributed by atoms with van der Waals surface area (Å²) in [6.07, 6.45) is 1.74. The first-order valence-corrected chi connectivity index (χ1v) is 12.4. The van der Waals surface area contributed by atoms with Crippen LogP contribution in [-0.4, -0.2) is 39.3 Å². The number of ether oxygens (including phenoxy) is 1. The quantitative estimate of drug-likeness (QED) is 0.450. The third-order valence-corrected chi connectivity index (χ3v) is 6.48. The van der Waals surface area contributed by atoms with Crippen LogP contribution in [0.4, 0.5) is 11.4 Å². The van der Waals surface area contributed by atoms with Crippen LogP contribution < -0.4 is 10.2 Å². The Balaban J connectivity index is 1.78. The summed E-state index contributed by atoms with van der Waals surface area (Å²) < 4.78 is 34.3. The van der Waals surface area contributed by atoms with Crippen LogP contribution in [-0.2, 0) is 14.8 Å². The van der Waals surface area contributed by atoms with Crippen LogP contribution in [0, 0.1) is 5.92 Å². The van der Waals surface area contributed by atoms with Gasteiger partial charge >= 0.3 is 5.97 Å². The molecule has 0 bridgehead atoms. The predicted octanol–water partition coefficient (Wildman–Crippen LogP) is 4.48. The number of carbonyl (C=O) groups is 2. The summed E-state index contributed by atoms with van der Waals surface area (Å²) in [5, 5.41) is 2.73. The zero-order chi connectivity index (χ0) is 24.2. The second kappa shape index (κ2) is 10.2. The molecule has 0 aromatic heterocycles. The molecule has 0 aliphatic carbocycles. The Kier molecular flexibility index (Phi) is 7.53. The zero-order valence-corrected chi connectivity index (χ0v) is 20.1. The van der Waals surface area contributed by atoms with Crippen LogP contribution in [0.25, 0.3) is 0 Å². The minimum Gasteiger partial charge on any atom is -0.462 e. The molecule has 0 unspecified atom stereocenters. The molecule has 33 heavy (non-hydrogen) atoms. The fourth-order valence-electron chi connectivity index (χ4n) is 3.41. The van der Waals surface area contributed by atoms with Gasteiger partial charge in [0.1, 0.15) is 10.7 Å². The molecule has 0 spiro atoms. The van der Waals surface area contributed by atoms with E-state index in [4.69, 9.17) is 4.74 Å². The number of nitrogens with one attached hydrogen (secondary N) is 1. The molecule has 1 N–H and O–H groups in total. The normalized spacial score (nSPS) is 14.5. The maximum atomic E-state index is 12.8. The second-order valence-corrected chi connectivity index (χ2v) is 9.89. The molecule has 2 aromatic rings. The number of nitrogens with zero attached hydrogens (tertiary/aromatic N) is 2. The molecule has 0 saturated carbocycles. The Morgan fingerprint density at radius 3 is 2.39 bits per heavy atom. The lowest BCUT2D eigenvalue weighted by Gasteiger charge is -2.30. The number of hydrogen-bond donors (Lipinski definition) is 1. The lowest BCUT2D eigenvalue weighted by Crippen LogP contribution is -2.36. The van der Waals surface area contributed by atoms with Crippen molar-refractivity contribution < 1.29 is 22.7 Å². The molecule has 8 nitrogen and oxygen atoms in total. The average molecular weight is 472 g/mol. The summed E-state index contributed by atoms with van der Waals surface area (Å²) in [7, 11) is -3.90. The van der Waals surface area contributed by atoms with E-state index < -0.39 is 21.9 Å². The molecule has 0 fully saturated rings. The third kappa shape index (κ3) is 5.78. The van der Waals surface area contributed by atoms with E-state index in [0.29, 0.717) is 41.8 Å². The summed E-state index contributed by atoms with van der Waals surface area (Å²) in [5.41, 5.74) is 1.57. The van der Waals surface area contributed by atoms with E-state index in [2.05, 4.69) is 9.71 Å². The van der Waals surface area contributed by atoms with Crippen molar-refractivity contribution >= 4 is 39.1 Å². The van der Waals surface area contributed by atoms with Gasteiger partial charge in [-0.05, 0) is 61.7 Å². The Morgan fingerprint density at radius 1 is 1.09 bits per heavy atom. The molecule has 2 aromatic carbocycles. The number of hydrogen-bond acceptors (Lipinski definition) is 6. The zero-order valence-electron chi connectivity index (χ0n) is 19.3. The minimum absolute atomic E-state index is 0.00609. The first kappa shape index (κ1) is 24.4. The topological polar surface area (TPSA) is 105 Å². The maximum Gasteiger partial charge on any atom is 0.338 e. The highest BCUT2D eigenvalue weighted by atomic mass is 32.2. The maximum absolute atomic E-state index is 12.8. The van der Waals surface area contributed by atoms with E-state index in [1.54, 1.807) is 43.3 Å². The smallest absolute Gasteiger partial charge is 0.338 e. The summed E-state index contributed by atoms with van der Waals surface area (Å²) >= 11 is 0. The highest BCUT2D eigenvalue weighted by molar-refractivity contribution is 7.90. The predicted molar refractivity (Wildman–Crippen MR) is 129 cm³/mol. The fourth-order valence-corrected chi connectivity index (χ4v) is 4.68. The van der Waals surface area contributed by atoms with E-state index in [1.807, 2.05) is 25.7 Å². The van der Waals surface area contributed by atoms with Crippen LogP contribution in [0.1, 0.15) is 61.3 Å². The summed E-state index contributed by atoms with van der Waals surface area (Å²) in [5.74, 6) is -0.184. The van der Waals surface area contributed by atoms with Crippen molar-refractivity contribution in [1.82, 2.24) is 0 Å². The number of amides is 1. The molecule has 9 heteroatoms. The van der Waals surface area contributed by atoms with Gasteiger partial charge in [0, 0.05) is 17.8 Å². The molecule has 3 rings (SSSR count). The molecular formula is C24H29N3O5S. The van der Waals surface area contributed by atoms with Crippen LogP contribution in [0.2, 0.25) is 0 Å². The van der Waals surface area contributed by atoms with Crippen molar-refractivity contribution in [3.05, 3.63) is 53.6 Å². The first-order valence-electron chi connectivity index (χ1n) is 10.9. The molecule has 1 heterocycles. The van der Waals surface area contributed by atoms with Gasteiger partial charge in [0.2, 0.25) is 0 Å². The van der Waals surface area contributed by atoms with E-state index in [9.17, 15) is 18.0 Å². The molecule has 1 aliphatic rings. The largest absolute Gasteiger partial charge is 0.462 e. The van der Waals surface area contributed by atoms with Crippen molar-refractivity contribution in [2.45, 2.75) is 45.4 Å². The van der Waals surface area contributed by atoms with Crippen molar-refractivity contribution in [1.29, 1.82) is 0 Å². The van der Waals surface area contributed by atoms with Gasteiger partial charge in [0.25, 0.3) is 15.9 Å². The number of sulfonamides is 1. The molecular weight excluding hydrogens is 442 g/mol. The number of unbranched alkanes of at least 4 members (excludes halogenated alkanes) is 1. The van der Waals surface area contributed by atoms with E-state index in [0.717, 1.165) is 12.8 Å². The first-order chi connectivity index (χ1) is 15.6. The van der Waals surface area contributed by atoms with Gasteiger partial charge in [-0.1, -0.05) is 27.2 Å². The highest BCUT2D eigenvalue weighted by Crippen LogP contribution is 2.33. The summed E-state index contributed by atoms with van der Waals surface area (Å²) in [6, 6.07) is 10.9. The second-order valence-electron chi connectivity index (χ2n) is 8.32. The van der Waals surface area contributed by atoms with Gasteiger partial charge in [0.15, 0.2) is 0 Å². The van der Waals surface area contributed by atoms with Crippen molar-refractivity contribution in [2.75, 3.05) is 23.4 Å². The van der Waals surface area contributed by atoms with Gasteiger partial charge in [-0.3, -0.25) is 4.79 Å². The van der Waals surface area contributed by atoms with Gasteiger partial charge in [0.05, 0.1) is 17.9 Å². The van der Waals surface area contributed by atoms with Gasteiger partial charge in [-0.15, -0.1) is 4.40 Å². The molecule has 0 atom stereocenters. The number of amidine groups is 1. The Hall–Kier alpha value is -3.20. The van der Waals surface area contributed by atoms with E-state index in [-0.39, 0.29) is 10.5 Å². The van der Waals surface area contributed by atoms with Crippen LogP contribution >= 0.6 is 0 Å². The van der Waals surface area contributed by atoms with Crippen LogP contribution in [0.15, 0.2) is 51.8 Å². The minimum atomic E-state index is -3.90. The SMILES string of the molecule is CCCCOC(=O)c1ccc(NC(=O)c2ccc3c(c2)S(=O)(=O)N=C(C)N3CC(C)C)cc1. The van der Waals surface area contributed by atoms with Crippen LogP contribution in [0.5, 0.6) is 0 Å². The number of benzene rings is 2. The number of anilines is 2. The Bertz CT molecular complexity index is 1170. The molecule has 0 saturated heterocycles. The van der Waals surface area contributed by atoms with Crippen molar-refractivity contribution in [3.8, 4) is 0 Å². The number of fused-ring (bicyclic) bond motifs is 1. The van der Waals surface area contributed by atoms with E-state index in [1.165, 1.54) is 6.07 Å². The third-order valence-electron chi connectivity index (χ3n) is 5.09. The van der Waals surface area contributed by atoms with Gasteiger partial charge in [-0.25, -0.2) is 4.79 Å². The molecule has 0 radical (unpaired) electrons. The Labute approximate surface area is 194 Å². The lowest BCUT2D eigenvalue weighted by atomic mass is 10.1. The Morgan fingerprint density at radius 2 is 1.76 bits per heavy atom. The van der Waals surface area contributed by atoms with Crippen molar-refractivity contribution in [2.24, 2.45) is 10.3 Å². The van der Waals surface area contributed by atoms with Gasteiger partial charge < -0.3 is 15.0 Å². The standard InChI is InChI=1S/C24H29N3O5S/c1-5-6-13-32-24(29)18-7-10-20(11-8-18)25-23(28)19-9-12-21-22(14-19)33(30,31)26-17(4)27(21)15-16(2)3/h7-12,14,16H,5-6,13,15H2,1-4H3,(H,25,28). The number of rotatable bonds is 8. The lowest BCUT2D eigenvalue weighted by molar-refractivity contribution is 0.0499. The van der Waals surface area contributed by atoms with Crippen LogP contribution in [0.3, 0.4) is 0 Å². The monoisotopic (exact) mass is 471 g/mol. The fraction of sp³-hybridized carbons (Fsp3) is 0.375. The van der Waals surface area contributed by atoms with Crippen molar-refractivity contribution in [3.63, 3.8) is 0 Å². The molecule has 1 amide bonds. The summed E-state index contributed by atoms with van der Waals surface area (Å²) in [4.78, 5) is 26.6. The molecule has 1 aliphatic heterocycles. The average Bonchev–Trinajstić information content (AvgIpc) is 2.76. The highest BCUT2D eigenvalue weighted by Gasteiger charge is 2.30. The molecule has 176 valence electrons. The number of carbonyl (C=O) groups excluding carboxylic acids is 2. The van der Waals surface area contributed by atoms with E-state index >= 15 is 0 Å².